The van der Waals surface area contributed by atoms with Crippen molar-refractivity contribution in [1.29, 1.82) is 0 Å². The van der Waals surface area contributed by atoms with Crippen molar-refractivity contribution in [2.24, 2.45) is 5.73 Å². The lowest BCUT2D eigenvalue weighted by molar-refractivity contribution is -0.138. The highest BCUT2D eigenvalue weighted by molar-refractivity contribution is 5.94. The second-order valence-electron chi connectivity index (χ2n) is 11.4. The van der Waals surface area contributed by atoms with E-state index < -0.39 is 5.82 Å². The van der Waals surface area contributed by atoms with E-state index in [-0.39, 0.29) is 30.2 Å². The maximum absolute atomic E-state index is 15.4. The SMILES string of the molecule is N[C@H]1COC[C@@H]1Oc1ccc2ncc(F)c(CCN(Cc3ccc4c(n3)NC(=O)CO4)C34CCC(CC3)OC4)c2n1. The fourth-order valence-corrected chi connectivity index (χ4v) is 6.35. The molecular weight excluding hydrogens is 531 g/mol. The number of hydrogen-bond acceptors (Lipinski definition) is 10. The molecular formula is C29H33FN6O5. The van der Waals surface area contributed by atoms with Crippen molar-refractivity contribution in [3.63, 3.8) is 0 Å². The van der Waals surface area contributed by atoms with Gasteiger partial charge in [0.05, 0.1) is 54.9 Å². The Morgan fingerprint density at radius 2 is 2.05 bits per heavy atom. The Kier molecular flexibility index (Phi) is 6.93. The number of carbonyl (C=O) groups excluding carboxylic acids is 1. The van der Waals surface area contributed by atoms with E-state index in [1.165, 1.54) is 6.20 Å². The summed E-state index contributed by atoms with van der Waals surface area (Å²) in [5.41, 5.74) is 8.26. The Morgan fingerprint density at radius 3 is 2.83 bits per heavy atom. The number of nitrogens with two attached hydrogens (primary N) is 1. The molecule has 4 aliphatic heterocycles. The lowest BCUT2D eigenvalue weighted by Crippen LogP contribution is -2.59. The molecule has 1 aliphatic carbocycles. The molecule has 11 nitrogen and oxygen atoms in total. The largest absolute Gasteiger partial charge is 0.480 e. The number of rotatable bonds is 8. The normalized spacial score (nSPS) is 27.1. The molecule has 3 aromatic rings. The Balaban J connectivity index is 1.17. The molecule has 1 saturated carbocycles. The molecule has 7 heterocycles. The predicted octanol–water partition coefficient (Wildman–Crippen LogP) is 2.36. The fraction of sp³-hybridized carbons (Fsp3) is 0.517. The number of aromatic nitrogens is 3. The monoisotopic (exact) mass is 564 g/mol. The van der Waals surface area contributed by atoms with Crippen LogP contribution in [0.3, 0.4) is 0 Å². The van der Waals surface area contributed by atoms with Crippen molar-refractivity contribution < 1.29 is 28.1 Å². The molecule has 0 spiro atoms. The van der Waals surface area contributed by atoms with Gasteiger partial charge in [0.1, 0.15) is 11.9 Å². The highest BCUT2D eigenvalue weighted by Crippen LogP contribution is 2.41. The number of anilines is 1. The summed E-state index contributed by atoms with van der Waals surface area (Å²) in [6.45, 7) is 2.50. The molecule has 2 bridgehead atoms. The molecule has 41 heavy (non-hydrogen) atoms. The summed E-state index contributed by atoms with van der Waals surface area (Å²) in [5, 5.41) is 2.79. The van der Waals surface area contributed by atoms with E-state index in [0.29, 0.717) is 79.5 Å². The topological polar surface area (TPSA) is 134 Å². The second-order valence-corrected chi connectivity index (χ2v) is 11.4. The highest BCUT2D eigenvalue weighted by atomic mass is 19.1. The van der Waals surface area contributed by atoms with E-state index in [1.807, 2.05) is 12.1 Å². The van der Waals surface area contributed by atoms with Gasteiger partial charge in [0, 0.05) is 30.3 Å². The molecule has 1 amide bonds. The first kappa shape index (κ1) is 26.4. The maximum Gasteiger partial charge on any atom is 0.263 e. The average Bonchev–Trinajstić information content (AvgIpc) is 3.40. The molecule has 5 aliphatic rings. The number of hydrogen-bond donors (Lipinski definition) is 2. The van der Waals surface area contributed by atoms with Gasteiger partial charge in [-0.1, -0.05) is 0 Å². The minimum absolute atomic E-state index is 0.0186. The van der Waals surface area contributed by atoms with Crippen LogP contribution >= 0.6 is 0 Å². The number of halogens is 1. The first-order chi connectivity index (χ1) is 20.0. The van der Waals surface area contributed by atoms with Crippen LogP contribution in [0.15, 0.2) is 30.5 Å². The third-order valence-corrected chi connectivity index (χ3v) is 8.72. The minimum Gasteiger partial charge on any atom is -0.480 e. The van der Waals surface area contributed by atoms with Gasteiger partial charge in [-0.2, -0.15) is 0 Å². The number of ether oxygens (including phenoxy) is 4. The van der Waals surface area contributed by atoms with Gasteiger partial charge >= 0.3 is 0 Å². The van der Waals surface area contributed by atoms with Gasteiger partial charge in [-0.05, 0) is 50.3 Å². The van der Waals surface area contributed by atoms with Gasteiger partial charge in [0.15, 0.2) is 18.2 Å². The molecule has 0 radical (unpaired) electrons. The average molecular weight is 565 g/mol. The summed E-state index contributed by atoms with van der Waals surface area (Å²) < 4.78 is 38.4. The molecule has 3 aromatic heterocycles. The zero-order chi connectivity index (χ0) is 28.0. The molecule has 0 unspecified atom stereocenters. The van der Waals surface area contributed by atoms with Gasteiger partial charge in [0.2, 0.25) is 5.88 Å². The van der Waals surface area contributed by atoms with E-state index in [1.54, 1.807) is 12.1 Å². The molecule has 2 atom stereocenters. The van der Waals surface area contributed by atoms with Crippen molar-refractivity contribution in [3.8, 4) is 11.6 Å². The fourth-order valence-electron chi connectivity index (χ4n) is 6.35. The summed E-state index contributed by atoms with van der Waals surface area (Å²) in [6.07, 6.45) is 5.68. The number of nitrogens with zero attached hydrogens (tertiary/aromatic N) is 4. The number of pyridine rings is 3. The van der Waals surface area contributed by atoms with Crippen LogP contribution in [0.5, 0.6) is 11.6 Å². The van der Waals surface area contributed by atoms with Crippen molar-refractivity contribution >= 4 is 22.8 Å². The van der Waals surface area contributed by atoms with E-state index in [2.05, 4.69) is 20.2 Å². The van der Waals surface area contributed by atoms with Gasteiger partial charge in [-0.25, -0.2) is 14.4 Å². The maximum atomic E-state index is 15.4. The van der Waals surface area contributed by atoms with Crippen LogP contribution in [-0.4, -0.2) is 82.5 Å². The van der Waals surface area contributed by atoms with E-state index in [9.17, 15) is 4.79 Å². The molecule has 0 aromatic carbocycles. The van der Waals surface area contributed by atoms with Crippen LogP contribution in [0.25, 0.3) is 11.0 Å². The molecule has 4 fully saturated rings. The van der Waals surface area contributed by atoms with E-state index in [0.717, 1.165) is 31.4 Å². The van der Waals surface area contributed by atoms with Crippen LogP contribution in [0.2, 0.25) is 0 Å². The first-order valence-electron chi connectivity index (χ1n) is 14.2. The van der Waals surface area contributed by atoms with Crippen molar-refractivity contribution in [3.05, 3.63) is 47.5 Å². The first-order valence-corrected chi connectivity index (χ1v) is 14.2. The molecule has 12 heteroatoms. The lowest BCUT2D eigenvalue weighted by Gasteiger charge is -2.52. The van der Waals surface area contributed by atoms with E-state index >= 15 is 4.39 Å². The van der Waals surface area contributed by atoms with Crippen LogP contribution in [-0.2, 0) is 27.2 Å². The Morgan fingerprint density at radius 1 is 1.17 bits per heavy atom. The van der Waals surface area contributed by atoms with Crippen LogP contribution < -0.4 is 20.5 Å². The quantitative estimate of drug-likeness (QED) is 0.420. The van der Waals surface area contributed by atoms with Crippen LogP contribution in [0.4, 0.5) is 10.2 Å². The molecule has 3 saturated heterocycles. The Hall–Kier alpha value is -3.45. The standard InChI is InChI=1S/C29H33FN6O5/c30-20-11-32-22-2-4-26(41-24-14-38-13-21(24)31)35-27(22)19(20)7-10-36(29-8-5-18(6-9-29)40-16-29)12-17-1-3-23-28(33-17)34-25(37)15-39-23/h1-4,11,18,21,24H,5-10,12-16,31H2,(H,33,34,37)/t18?,21-,24-,29?/m0/s1. The minimum atomic E-state index is -0.407. The zero-order valence-corrected chi connectivity index (χ0v) is 22.7. The van der Waals surface area contributed by atoms with Gasteiger partial charge in [0.25, 0.3) is 5.91 Å². The Labute approximate surface area is 236 Å². The summed E-state index contributed by atoms with van der Waals surface area (Å²) in [4.78, 5) is 27.9. The number of fused-ring (bicyclic) bond motifs is 5. The van der Waals surface area contributed by atoms with Crippen molar-refractivity contribution in [2.45, 2.75) is 62.4 Å². The lowest BCUT2D eigenvalue weighted by atomic mass is 9.76. The molecule has 3 N–H and O–H groups in total. The van der Waals surface area contributed by atoms with Crippen LogP contribution in [0, 0.1) is 5.82 Å². The smallest absolute Gasteiger partial charge is 0.263 e. The summed E-state index contributed by atoms with van der Waals surface area (Å²) in [5.74, 6) is 0.717. The van der Waals surface area contributed by atoms with E-state index in [4.69, 9.17) is 29.7 Å². The third-order valence-electron chi connectivity index (χ3n) is 8.72. The van der Waals surface area contributed by atoms with Gasteiger partial charge in [-0.15, -0.1) is 0 Å². The third kappa shape index (κ3) is 5.21. The van der Waals surface area contributed by atoms with Crippen molar-refractivity contribution in [1.82, 2.24) is 19.9 Å². The highest BCUT2D eigenvalue weighted by Gasteiger charge is 2.45. The number of amides is 1. The van der Waals surface area contributed by atoms with Gasteiger partial charge in [-0.3, -0.25) is 14.7 Å². The summed E-state index contributed by atoms with van der Waals surface area (Å²) >= 11 is 0. The Bertz CT molecular complexity index is 1450. The van der Waals surface area contributed by atoms with Gasteiger partial charge < -0.3 is 30.0 Å². The molecule has 8 rings (SSSR count). The number of nitrogens with one attached hydrogen (secondary N) is 1. The predicted molar refractivity (Wildman–Crippen MR) is 146 cm³/mol. The zero-order valence-electron chi connectivity index (χ0n) is 22.7. The summed E-state index contributed by atoms with van der Waals surface area (Å²) in [6, 6.07) is 7.04. The van der Waals surface area contributed by atoms with Crippen LogP contribution in [0.1, 0.15) is 36.9 Å². The second kappa shape index (κ2) is 10.8. The van der Waals surface area contributed by atoms with Crippen molar-refractivity contribution in [2.75, 3.05) is 38.3 Å². The molecule has 216 valence electrons. The number of carbonyl (C=O) groups is 1. The summed E-state index contributed by atoms with van der Waals surface area (Å²) in [7, 11) is 0.